The highest BCUT2D eigenvalue weighted by Crippen LogP contribution is 2.44. The molecule has 144 valence electrons. The number of ether oxygens (including phenoxy) is 3. The number of allylic oxidation sites excluding steroid dienone is 3. The molecule has 0 radical (unpaired) electrons. The van der Waals surface area contributed by atoms with Crippen LogP contribution in [-0.4, -0.2) is 32.6 Å². The van der Waals surface area contributed by atoms with Crippen LogP contribution in [0.15, 0.2) is 40.7 Å². The summed E-state index contributed by atoms with van der Waals surface area (Å²) in [5.41, 5.74) is 3.55. The molecule has 3 rings (SSSR count). The molecule has 0 saturated heterocycles. The summed E-state index contributed by atoms with van der Waals surface area (Å²) in [6.45, 7) is 3.89. The minimum Gasteiger partial charge on any atom is -0.493 e. The molecule has 1 heterocycles. The van der Waals surface area contributed by atoms with Crippen molar-refractivity contribution in [2.45, 2.75) is 39.0 Å². The van der Waals surface area contributed by atoms with Gasteiger partial charge < -0.3 is 19.5 Å². The molecule has 1 aliphatic carbocycles. The first-order chi connectivity index (χ1) is 13.0. The first-order valence-electron chi connectivity index (χ1n) is 9.14. The fourth-order valence-corrected chi connectivity index (χ4v) is 3.83. The van der Waals surface area contributed by atoms with Crippen molar-refractivity contribution in [2.24, 2.45) is 0 Å². The zero-order valence-corrected chi connectivity index (χ0v) is 16.2. The van der Waals surface area contributed by atoms with E-state index in [9.17, 15) is 9.59 Å². The summed E-state index contributed by atoms with van der Waals surface area (Å²) in [7, 11) is 3.13. The molecule has 0 bridgehead atoms. The number of carbonyl (C=O) groups is 2. The fraction of sp³-hybridized carbons (Fsp3) is 0.429. The third kappa shape index (κ3) is 3.44. The summed E-state index contributed by atoms with van der Waals surface area (Å²) in [6, 6.07) is 5.49. The largest absolute Gasteiger partial charge is 0.493 e. The van der Waals surface area contributed by atoms with Gasteiger partial charge in [0.05, 0.1) is 26.4 Å². The highest BCUT2D eigenvalue weighted by atomic mass is 16.5. The van der Waals surface area contributed by atoms with Crippen LogP contribution in [0.5, 0.6) is 11.5 Å². The number of hydrogen-bond donors (Lipinski definition) is 1. The quantitative estimate of drug-likeness (QED) is 0.801. The number of methoxy groups -OCH3 is 2. The van der Waals surface area contributed by atoms with Gasteiger partial charge in [0.2, 0.25) is 0 Å². The van der Waals surface area contributed by atoms with Gasteiger partial charge in [-0.2, -0.15) is 0 Å². The van der Waals surface area contributed by atoms with Gasteiger partial charge >= 0.3 is 5.97 Å². The number of rotatable bonds is 5. The number of dihydropyridines is 1. The summed E-state index contributed by atoms with van der Waals surface area (Å²) in [4.78, 5) is 25.5. The summed E-state index contributed by atoms with van der Waals surface area (Å²) in [5, 5.41) is 3.27. The van der Waals surface area contributed by atoms with Gasteiger partial charge in [-0.05, 0) is 44.4 Å². The van der Waals surface area contributed by atoms with E-state index >= 15 is 0 Å². The van der Waals surface area contributed by atoms with Gasteiger partial charge in [-0.15, -0.1) is 0 Å². The molecule has 6 nitrogen and oxygen atoms in total. The Labute approximate surface area is 159 Å². The molecule has 6 heteroatoms. The minimum absolute atomic E-state index is 0.0674. The van der Waals surface area contributed by atoms with Crippen molar-refractivity contribution >= 4 is 11.8 Å². The molecule has 1 aromatic rings. The van der Waals surface area contributed by atoms with Gasteiger partial charge in [-0.3, -0.25) is 4.79 Å². The smallest absolute Gasteiger partial charge is 0.336 e. The van der Waals surface area contributed by atoms with Crippen LogP contribution in [0.1, 0.15) is 44.6 Å². The lowest BCUT2D eigenvalue weighted by molar-refractivity contribution is -0.138. The van der Waals surface area contributed by atoms with E-state index in [-0.39, 0.29) is 12.4 Å². The number of benzene rings is 1. The lowest BCUT2D eigenvalue weighted by atomic mass is 9.75. The van der Waals surface area contributed by atoms with Crippen molar-refractivity contribution in [3.8, 4) is 11.5 Å². The van der Waals surface area contributed by atoms with Crippen LogP contribution in [0.4, 0.5) is 0 Å². The Balaban J connectivity index is 2.18. The second kappa shape index (κ2) is 7.86. The number of esters is 1. The van der Waals surface area contributed by atoms with E-state index in [1.165, 1.54) is 0 Å². The average Bonchev–Trinajstić information content (AvgIpc) is 2.66. The van der Waals surface area contributed by atoms with Crippen molar-refractivity contribution < 1.29 is 23.8 Å². The summed E-state index contributed by atoms with van der Waals surface area (Å²) in [6.07, 6.45) is 2.09. The molecular weight excluding hydrogens is 346 g/mol. The lowest BCUT2D eigenvalue weighted by Crippen LogP contribution is -2.34. The molecule has 1 unspecified atom stereocenters. The first kappa shape index (κ1) is 19.0. The van der Waals surface area contributed by atoms with E-state index in [0.29, 0.717) is 29.1 Å². The van der Waals surface area contributed by atoms with Crippen molar-refractivity contribution in [3.05, 3.63) is 46.3 Å². The van der Waals surface area contributed by atoms with Crippen LogP contribution in [0.2, 0.25) is 0 Å². The monoisotopic (exact) mass is 371 g/mol. The standard InChI is InChI=1S/C21H25NO5/c1-5-27-21(24)18-12(2)22-14-7-6-8-15(23)20(14)19(18)13-9-10-16(25-3)17(11-13)26-4/h9-11,19,22H,5-8H2,1-4H3. The normalized spacial score (nSPS) is 19.4. The van der Waals surface area contributed by atoms with E-state index < -0.39 is 11.9 Å². The number of ketones is 1. The second-order valence-electron chi connectivity index (χ2n) is 6.60. The maximum Gasteiger partial charge on any atom is 0.336 e. The molecule has 1 aromatic carbocycles. The van der Waals surface area contributed by atoms with Gasteiger partial charge in [0.1, 0.15) is 0 Å². The average molecular weight is 371 g/mol. The van der Waals surface area contributed by atoms with Crippen LogP contribution in [0.3, 0.4) is 0 Å². The zero-order chi connectivity index (χ0) is 19.6. The molecule has 1 N–H and O–H groups in total. The predicted molar refractivity (Wildman–Crippen MR) is 101 cm³/mol. The topological polar surface area (TPSA) is 73.9 Å². The van der Waals surface area contributed by atoms with Crippen LogP contribution < -0.4 is 14.8 Å². The first-order valence-corrected chi connectivity index (χ1v) is 9.14. The number of hydrogen-bond acceptors (Lipinski definition) is 6. The molecule has 1 atom stereocenters. The molecule has 0 saturated carbocycles. The summed E-state index contributed by atoms with van der Waals surface area (Å²) < 4.78 is 16.0. The lowest BCUT2D eigenvalue weighted by Gasteiger charge is -2.34. The third-order valence-corrected chi connectivity index (χ3v) is 5.01. The fourth-order valence-electron chi connectivity index (χ4n) is 3.83. The number of nitrogens with one attached hydrogen (secondary N) is 1. The van der Waals surface area contributed by atoms with Gasteiger partial charge in [0.25, 0.3) is 0 Å². The van der Waals surface area contributed by atoms with Crippen LogP contribution in [-0.2, 0) is 14.3 Å². The molecule has 1 aliphatic heterocycles. The van der Waals surface area contributed by atoms with Crippen LogP contribution in [0, 0.1) is 0 Å². The minimum atomic E-state index is -0.479. The van der Waals surface area contributed by atoms with Crippen LogP contribution >= 0.6 is 0 Å². The van der Waals surface area contributed by atoms with E-state index in [4.69, 9.17) is 14.2 Å². The summed E-state index contributed by atoms with van der Waals surface area (Å²) in [5.74, 6) is 0.329. The Morgan fingerprint density at radius 2 is 1.93 bits per heavy atom. The van der Waals surface area contributed by atoms with Crippen LogP contribution in [0.25, 0.3) is 0 Å². The Kier molecular flexibility index (Phi) is 5.54. The van der Waals surface area contributed by atoms with Crippen molar-refractivity contribution in [3.63, 3.8) is 0 Å². The van der Waals surface area contributed by atoms with E-state index in [1.54, 1.807) is 27.2 Å². The number of Topliss-reactive ketones (excluding diaryl/α,β-unsaturated/α-hetero) is 1. The highest BCUT2D eigenvalue weighted by Gasteiger charge is 2.39. The molecule has 0 aromatic heterocycles. The van der Waals surface area contributed by atoms with Crippen molar-refractivity contribution in [2.75, 3.05) is 20.8 Å². The van der Waals surface area contributed by atoms with Gasteiger partial charge in [-0.25, -0.2) is 4.79 Å². The van der Waals surface area contributed by atoms with Gasteiger partial charge in [-0.1, -0.05) is 6.07 Å². The number of carbonyl (C=O) groups excluding carboxylic acids is 2. The molecule has 27 heavy (non-hydrogen) atoms. The molecule has 0 fully saturated rings. The van der Waals surface area contributed by atoms with E-state index in [2.05, 4.69) is 5.32 Å². The van der Waals surface area contributed by atoms with E-state index in [1.807, 2.05) is 19.1 Å². The molecule has 0 amide bonds. The Morgan fingerprint density at radius 3 is 2.59 bits per heavy atom. The SMILES string of the molecule is CCOC(=O)C1=C(C)NC2=C(C(=O)CCC2)C1c1ccc(OC)c(OC)c1. The zero-order valence-electron chi connectivity index (χ0n) is 16.2. The third-order valence-electron chi connectivity index (χ3n) is 5.01. The van der Waals surface area contributed by atoms with Crippen molar-refractivity contribution in [1.29, 1.82) is 0 Å². The van der Waals surface area contributed by atoms with E-state index in [0.717, 1.165) is 29.8 Å². The van der Waals surface area contributed by atoms with Gasteiger partial charge in [0.15, 0.2) is 17.3 Å². The van der Waals surface area contributed by atoms with Gasteiger partial charge in [0, 0.05) is 29.3 Å². The maximum atomic E-state index is 12.8. The Morgan fingerprint density at radius 1 is 1.19 bits per heavy atom. The Hall–Kier alpha value is -2.76. The van der Waals surface area contributed by atoms with Crippen molar-refractivity contribution in [1.82, 2.24) is 5.32 Å². The Bertz CT molecular complexity index is 837. The maximum absolute atomic E-state index is 12.8. The molecule has 0 spiro atoms. The second-order valence-corrected chi connectivity index (χ2v) is 6.60. The molecular formula is C21H25NO5. The predicted octanol–water partition coefficient (Wildman–Crippen LogP) is 3.23. The highest BCUT2D eigenvalue weighted by molar-refractivity contribution is 6.03. The molecule has 2 aliphatic rings. The summed E-state index contributed by atoms with van der Waals surface area (Å²) >= 11 is 0.